The van der Waals surface area contributed by atoms with Crippen LogP contribution in [0.4, 0.5) is 5.82 Å². The van der Waals surface area contributed by atoms with Crippen LogP contribution in [-0.4, -0.2) is 24.6 Å². The second-order valence-electron chi connectivity index (χ2n) is 3.96. The molecule has 2 rings (SSSR count). The number of hydrogen-bond acceptors (Lipinski definition) is 3. The van der Waals surface area contributed by atoms with Crippen LogP contribution in [0.1, 0.15) is 12.0 Å². The van der Waals surface area contributed by atoms with E-state index in [-0.39, 0.29) is 0 Å². The molecule has 0 fully saturated rings. The fourth-order valence-corrected chi connectivity index (χ4v) is 2.07. The van der Waals surface area contributed by atoms with Gasteiger partial charge in [0.15, 0.2) is 0 Å². The summed E-state index contributed by atoms with van der Waals surface area (Å²) in [4.78, 5) is 4.32. The lowest BCUT2D eigenvalue weighted by Gasteiger charge is -2.15. The van der Waals surface area contributed by atoms with E-state index in [2.05, 4.69) is 44.5 Å². The molecule has 4 heteroatoms. The fraction of sp³-hybridized carbons (Fsp3) is 0.417. The summed E-state index contributed by atoms with van der Waals surface area (Å²) >= 11 is 3.55. The van der Waals surface area contributed by atoms with E-state index in [9.17, 15) is 0 Å². The van der Waals surface area contributed by atoms with E-state index in [4.69, 9.17) is 0 Å². The Labute approximate surface area is 104 Å². The number of nitrogens with one attached hydrogen (secondary N) is 2. The molecule has 0 amide bonds. The largest absolute Gasteiger partial charge is 0.365 e. The first kappa shape index (κ1) is 11.6. The van der Waals surface area contributed by atoms with Crippen molar-refractivity contribution >= 4 is 21.7 Å². The van der Waals surface area contributed by atoms with Gasteiger partial charge in [0.1, 0.15) is 5.82 Å². The second kappa shape index (κ2) is 5.46. The summed E-state index contributed by atoms with van der Waals surface area (Å²) in [5.74, 6) is 0.930. The van der Waals surface area contributed by atoms with Gasteiger partial charge in [-0.05, 0) is 47.4 Å². The molecule has 0 aliphatic carbocycles. The number of aromatic nitrogens is 1. The van der Waals surface area contributed by atoms with Crippen LogP contribution in [0.15, 0.2) is 28.4 Å². The predicted octanol–water partition coefficient (Wildman–Crippen LogP) is 2.48. The Morgan fingerprint density at radius 1 is 1.56 bits per heavy atom. The van der Waals surface area contributed by atoms with E-state index < -0.39 is 0 Å². The third-order valence-electron chi connectivity index (χ3n) is 2.72. The maximum Gasteiger partial charge on any atom is 0.140 e. The van der Waals surface area contributed by atoms with E-state index in [1.807, 2.05) is 12.3 Å². The molecule has 0 atom stereocenters. The van der Waals surface area contributed by atoms with E-state index in [0.717, 1.165) is 36.3 Å². The minimum absolute atomic E-state index is 0.886. The highest BCUT2D eigenvalue weighted by Gasteiger charge is 2.06. The van der Waals surface area contributed by atoms with E-state index in [1.54, 1.807) is 0 Å². The molecule has 1 aliphatic rings. The van der Waals surface area contributed by atoms with Crippen LogP contribution in [0.25, 0.3) is 0 Å². The van der Waals surface area contributed by atoms with Crippen molar-refractivity contribution in [3.8, 4) is 0 Å². The molecule has 2 N–H and O–H groups in total. The first-order valence-corrected chi connectivity index (χ1v) is 6.30. The predicted molar refractivity (Wildman–Crippen MR) is 70.7 cm³/mol. The van der Waals surface area contributed by atoms with Gasteiger partial charge >= 0.3 is 0 Å². The topological polar surface area (TPSA) is 37.0 Å². The molecule has 0 saturated carbocycles. The number of hydrogen-bond donors (Lipinski definition) is 2. The van der Waals surface area contributed by atoms with Gasteiger partial charge in [0.2, 0.25) is 0 Å². The lowest BCUT2D eigenvalue weighted by molar-refractivity contribution is 0.697. The SMILES string of the molecule is Cc1ccnc(NCC2=CCNCC2)c1Br. The van der Waals surface area contributed by atoms with Crippen molar-refractivity contribution in [3.63, 3.8) is 0 Å². The van der Waals surface area contributed by atoms with E-state index in [0.29, 0.717) is 0 Å². The van der Waals surface area contributed by atoms with E-state index in [1.165, 1.54) is 11.1 Å². The molecule has 1 aromatic heterocycles. The van der Waals surface area contributed by atoms with Gasteiger partial charge in [-0.15, -0.1) is 0 Å². The zero-order valence-electron chi connectivity index (χ0n) is 9.39. The third-order valence-corrected chi connectivity index (χ3v) is 3.72. The van der Waals surface area contributed by atoms with Crippen LogP contribution in [-0.2, 0) is 0 Å². The first-order valence-electron chi connectivity index (χ1n) is 5.51. The molecular weight excluding hydrogens is 266 g/mol. The minimum Gasteiger partial charge on any atom is -0.365 e. The quantitative estimate of drug-likeness (QED) is 0.836. The van der Waals surface area contributed by atoms with Gasteiger partial charge in [0, 0.05) is 19.3 Å². The molecule has 86 valence electrons. The van der Waals surface area contributed by atoms with E-state index >= 15 is 0 Å². The van der Waals surface area contributed by atoms with Crippen LogP contribution in [0.3, 0.4) is 0 Å². The van der Waals surface area contributed by atoms with Crippen molar-refractivity contribution in [2.45, 2.75) is 13.3 Å². The van der Waals surface area contributed by atoms with Gasteiger partial charge < -0.3 is 10.6 Å². The molecule has 1 aromatic rings. The van der Waals surface area contributed by atoms with Crippen molar-refractivity contribution in [2.24, 2.45) is 0 Å². The highest BCUT2D eigenvalue weighted by atomic mass is 79.9. The summed E-state index contributed by atoms with van der Waals surface area (Å²) in [6.07, 6.45) is 5.20. The van der Waals surface area contributed by atoms with Crippen LogP contribution in [0.2, 0.25) is 0 Å². The summed E-state index contributed by atoms with van der Waals surface area (Å²) in [5, 5.41) is 6.67. The number of nitrogens with zero attached hydrogens (tertiary/aromatic N) is 1. The zero-order chi connectivity index (χ0) is 11.4. The molecular formula is C12H16BrN3. The van der Waals surface area contributed by atoms with Gasteiger partial charge in [-0.3, -0.25) is 0 Å². The molecule has 16 heavy (non-hydrogen) atoms. The number of anilines is 1. The number of aryl methyl sites for hydroxylation is 1. The van der Waals surface area contributed by atoms with Crippen LogP contribution >= 0.6 is 15.9 Å². The molecule has 0 aromatic carbocycles. The van der Waals surface area contributed by atoms with Gasteiger partial charge in [0.25, 0.3) is 0 Å². The molecule has 0 unspecified atom stereocenters. The Hall–Kier alpha value is -0.870. The Bertz CT molecular complexity index is 401. The summed E-state index contributed by atoms with van der Waals surface area (Å²) in [6.45, 7) is 5.02. The molecule has 0 bridgehead atoms. The van der Waals surface area contributed by atoms with Crippen LogP contribution in [0.5, 0.6) is 0 Å². The zero-order valence-corrected chi connectivity index (χ0v) is 11.0. The Balaban J connectivity index is 1.99. The van der Waals surface area contributed by atoms with Gasteiger partial charge in [-0.1, -0.05) is 11.6 Å². The molecule has 3 nitrogen and oxygen atoms in total. The highest BCUT2D eigenvalue weighted by molar-refractivity contribution is 9.10. The van der Waals surface area contributed by atoms with Crippen molar-refractivity contribution in [2.75, 3.05) is 25.0 Å². The molecule has 1 aliphatic heterocycles. The van der Waals surface area contributed by atoms with Crippen LogP contribution in [0, 0.1) is 6.92 Å². The maximum atomic E-state index is 4.32. The van der Waals surface area contributed by atoms with Gasteiger partial charge in [-0.2, -0.15) is 0 Å². The minimum atomic E-state index is 0.886. The summed E-state index contributed by atoms with van der Waals surface area (Å²) in [6, 6.07) is 2.00. The monoisotopic (exact) mass is 281 g/mol. The molecule has 0 saturated heterocycles. The Kier molecular flexibility index (Phi) is 3.96. The number of halogens is 1. The lowest BCUT2D eigenvalue weighted by atomic mass is 10.1. The highest BCUT2D eigenvalue weighted by Crippen LogP contribution is 2.23. The average Bonchev–Trinajstić information content (AvgIpc) is 2.32. The van der Waals surface area contributed by atoms with Gasteiger partial charge in [-0.25, -0.2) is 4.98 Å². The molecule has 0 spiro atoms. The second-order valence-corrected chi connectivity index (χ2v) is 4.75. The fourth-order valence-electron chi connectivity index (χ4n) is 1.69. The first-order chi connectivity index (χ1) is 7.77. The summed E-state index contributed by atoms with van der Waals surface area (Å²) in [5.41, 5.74) is 2.66. The maximum absolute atomic E-state index is 4.32. The smallest absolute Gasteiger partial charge is 0.140 e. The van der Waals surface area contributed by atoms with Crippen LogP contribution < -0.4 is 10.6 Å². The summed E-state index contributed by atoms with van der Waals surface area (Å²) in [7, 11) is 0. The normalized spacial score (nSPS) is 15.8. The summed E-state index contributed by atoms with van der Waals surface area (Å²) < 4.78 is 1.06. The van der Waals surface area contributed by atoms with Crippen molar-refractivity contribution in [1.82, 2.24) is 10.3 Å². The standard InChI is InChI=1S/C12H16BrN3/c1-9-2-7-15-12(11(9)13)16-8-10-3-5-14-6-4-10/h2-3,7,14H,4-6,8H2,1H3,(H,15,16). The number of rotatable bonds is 3. The average molecular weight is 282 g/mol. The van der Waals surface area contributed by atoms with Crippen molar-refractivity contribution < 1.29 is 0 Å². The third kappa shape index (κ3) is 2.83. The molecule has 2 heterocycles. The van der Waals surface area contributed by atoms with Gasteiger partial charge in [0.05, 0.1) is 4.47 Å². The Morgan fingerprint density at radius 2 is 2.44 bits per heavy atom. The van der Waals surface area contributed by atoms with Crippen molar-refractivity contribution in [3.05, 3.63) is 33.9 Å². The molecule has 0 radical (unpaired) electrons. The Morgan fingerprint density at radius 3 is 3.19 bits per heavy atom. The lowest BCUT2D eigenvalue weighted by Crippen LogP contribution is -2.23. The number of pyridine rings is 1. The van der Waals surface area contributed by atoms with Crippen molar-refractivity contribution in [1.29, 1.82) is 0 Å².